The predicted molar refractivity (Wildman–Crippen MR) is 111 cm³/mol. The molecule has 0 saturated carbocycles. The molecule has 4 aliphatic heterocycles. The van der Waals surface area contributed by atoms with Gasteiger partial charge in [-0.3, -0.25) is 19.7 Å². The summed E-state index contributed by atoms with van der Waals surface area (Å²) in [5.41, 5.74) is 0. The van der Waals surface area contributed by atoms with Crippen LogP contribution < -0.4 is 10.6 Å². The third kappa shape index (κ3) is 4.74. The zero-order chi connectivity index (χ0) is 16.4. The van der Waals surface area contributed by atoms with E-state index in [0.717, 1.165) is 19.0 Å². The van der Waals surface area contributed by atoms with Gasteiger partial charge in [-0.2, -0.15) is 0 Å². The van der Waals surface area contributed by atoms with Crippen LogP contribution in [0.15, 0.2) is 4.99 Å². The second kappa shape index (κ2) is 9.00. The van der Waals surface area contributed by atoms with Gasteiger partial charge in [0.25, 0.3) is 0 Å². The second-order valence-corrected chi connectivity index (χ2v) is 7.72. The van der Waals surface area contributed by atoms with Crippen molar-refractivity contribution in [2.24, 2.45) is 10.9 Å². The first-order valence-electron chi connectivity index (χ1n) is 9.24. The van der Waals surface area contributed by atoms with Crippen molar-refractivity contribution in [3.8, 4) is 0 Å². The highest BCUT2D eigenvalue weighted by Gasteiger charge is 2.33. The molecule has 0 amide bonds. The number of piperazine rings is 3. The average molecular weight is 450 g/mol. The molecular weight excluding hydrogens is 415 g/mol. The number of fused-ring (bicyclic) bond motifs is 3. The van der Waals surface area contributed by atoms with Crippen LogP contribution in [0.3, 0.4) is 0 Å². The standard InChI is InChI=1S/C17H34N6.HI/c1-13(2)23-10-14(3)16(12-23)20-17(18-4)19-9-15-11-21-5-7-22(15)8-6-21;/h13-16H,5-12H2,1-4H3,(H2,18,19,20);1H. The Morgan fingerprint density at radius 3 is 2.33 bits per heavy atom. The highest BCUT2D eigenvalue weighted by Crippen LogP contribution is 2.18. The molecule has 3 atom stereocenters. The van der Waals surface area contributed by atoms with E-state index in [4.69, 9.17) is 0 Å². The van der Waals surface area contributed by atoms with Crippen molar-refractivity contribution in [3.05, 3.63) is 0 Å². The maximum absolute atomic E-state index is 4.45. The van der Waals surface area contributed by atoms with Crippen LogP contribution in [0.1, 0.15) is 20.8 Å². The Morgan fingerprint density at radius 1 is 1.12 bits per heavy atom. The molecule has 0 spiro atoms. The van der Waals surface area contributed by atoms with E-state index in [1.165, 1.54) is 39.3 Å². The van der Waals surface area contributed by atoms with Gasteiger partial charge in [-0.15, -0.1) is 24.0 Å². The van der Waals surface area contributed by atoms with Crippen molar-refractivity contribution in [2.75, 3.05) is 59.4 Å². The molecule has 7 heteroatoms. The van der Waals surface area contributed by atoms with Crippen molar-refractivity contribution >= 4 is 29.9 Å². The number of nitrogens with zero attached hydrogens (tertiary/aromatic N) is 4. The molecular formula is C17H35IN6. The molecule has 4 heterocycles. The van der Waals surface area contributed by atoms with Crippen LogP contribution in [-0.4, -0.2) is 98.2 Å². The predicted octanol–water partition coefficient (Wildman–Crippen LogP) is 0.498. The molecule has 2 N–H and O–H groups in total. The van der Waals surface area contributed by atoms with E-state index in [0.29, 0.717) is 24.0 Å². The lowest BCUT2D eigenvalue weighted by Crippen LogP contribution is -2.64. The van der Waals surface area contributed by atoms with Gasteiger partial charge in [0.2, 0.25) is 0 Å². The van der Waals surface area contributed by atoms with Gasteiger partial charge < -0.3 is 10.6 Å². The number of guanidine groups is 1. The summed E-state index contributed by atoms with van der Waals surface area (Å²) in [7, 11) is 1.88. The van der Waals surface area contributed by atoms with Crippen molar-refractivity contribution in [2.45, 2.75) is 38.9 Å². The normalized spacial score (nSPS) is 36.7. The molecule has 0 aromatic carbocycles. The molecule has 2 bridgehead atoms. The van der Waals surface area contributed by atoms with E-state index in [9.17, 15) is 0 Å². The molecule has 0 aliphatic carbocycles. The Labute approximate surface area is 164 Å². The molecule has 4 fully saturated rings. The van der Waals surface area contributed by atoms with E-state index in [-0.39, 0.29) is 24.0 Å². The van der Waals surface area contributed by atoms with E-state index in [2.05, 4.69) is 51.1 Å². The molecule has 0 aromatic heterocycles. The third-order valence-electron chi connectivity index (χ3n) is 5.81. The average Bonchev–Trinajstić information content (AvgIpc) is 2.93. The molecule has 0 aromatic rings. The summed E-state index contributed by atoms with van der Waals surface area (Å²) in [6.45, 7) is 16.3. The Hall–Kier alpha value is -0.120. The van der Waals surface area contributed by atoms with Crippen LogP contribution in [0.4, 0.5) is 0 Å². The molecule has 4 saturated heterocycles. The fourth-order valence-corrected chi connectivity index (χ4v) is 4.12. The summed E-state index contributed by atoms with van der Waals surface area (Å²) in [5, 5.41) is 7.22. The Kier molecular flexibility index (Phi) is 7.58. The van der Waals surface area contributed by atoms with Crippen LogP contribution in [0.2, 0.25) is 0 Å². The number of aliphatic imine (C=N–C) groups is 1. The van der Waals surface area contributed by atoms with Crippen LogP contribution in [0.5, 0.6) is 0 Å². The highest BCUT2D eigenvalue weighted by atomic mass is 127. The summed E-state index contributed by atoms with van der Waals surface area (Å²) in [5.74, 6) is 1.63. The first-order valence-corrected chi connectivity index (χ1v) is 9.24. The van der Waals surface area contributed by atoms with Crippen molar-refractivity contribution in [1.29, 1.82) is 0 Å². The van der Waals surface area contributed by atoms with Crippen LogP contribution >= 0.6 is 24.0 Å². The first-order chi connectivity index (χ1) is 11.1. The smallest absolute Gasteiger partial charge is 0.191 e. The lowest BCUT2D eigenvalue weighted by atomic mass is 10.1. The molecule has 4 rings (SSSR count). The quantitative estimate of drug-likeness (QED) is 0.371. The molecule has 6 nitrogen and oxygen atoms in total. The number of halogens is 1. The van der Waals surface area contributed by atoms with Gasteiger partial charge in [-0.25, -0.2) is 0 Å². The molecule has 3 unspecified atom stereocenters. The number of likely N-dealkylation sites (tertiary alicyclic amines) is 1. The van der Waals surface area contributed by atoms with Gasteiger partial charge in [0, 0.05) is 77.5 Å². The lowest BCUT2D eigenvalue weighted by Gasteiger charge is -2.47. The van der Waals surface area contributed by atoms with Crippen molar-refractivity contribution in [1.82, 2.24) is 25.3 Å². The van der Waals surface area contributed by atoms with Gasteiger partial charge in [0.15, 0.2) is 5.96 Å². The molecule has 0 radical (unpaired) electrons. The Morgan fingerprint density at radius 2 is 1.83 bits per heavy atom. The highest BCUT2D eigenvalue weighted by molar-refractivity contribution is 14.0. The van der Waals surface area contributed by atoms with Crippen LogP contribution in [0, 0.1) is 5.92 Å². The van der Waals surface area contributed by atoms with Crippen LogP contribution in [-0.2, 0) is 0 Å². The topological polar surface area (TPSA) is 46.1 Å². The van der Waals surface area contributed by atoms with Crippen molar-refractivity contribution in [3.63, 3.8) is 0 Å². The monoisotopic (exact) mass is 450 g/mol. The third-order valence-corrected chi connectivity index (χ3v) is 5.81. The number of hydrogen-bond donors (Lipinski definition) is 2. The summed E-state index contributed by atoms with van der Waals surface area (Å²) in [6.07, 6.45) is 0. The SMILES string of the molecule is CN=C(NCC1CN2CCN1CC2)NC1CN(C(C)C)CC1C.I. The number of nitrogens with one attached hydrogen (secondary N) is 2. The summed E-state index contributed by atoms with van der Waals surface area (Å²) in [6, 6.07) is 1.75. The van der Waals surface area contributed by atoms with E-state index in [1.54, 1.807) is 0 Å². The zero-order valence-electron chi connectivity index (χ0n) is 15.7. The maximum atomic E-state index is 4.45. The summed E-state index contributed by atoms with van der Waals surface area (Å²) in [4.78, 5) is 12.2. The van der Waals surface area contributed by atoms with E-state index < -0.39 is 0 Å². The van der Waals surface area contributed by atoms with Crippen molar-refractivity contribution < 1.29 is 0 Å². The van der Waals surface area contributed by atoms with Gasteiger partial charge in [0.05, 0.1) is 0 Å². The van der Waals surface area contributed by atoms with Gasteiger partial charge in [0.1, 0.15) is 0 Å². The van der Waals surface area contributed by atoms with E-state index >= 15 is 0 Å². The lowest BCUT2D eigenvalue weighted by molar-refractivity contribution is 0.0154. The largest absolute Gasteiger partial charge is 0.355 e. The minimum absolute atomic E-state index is 0. The van der Waals surface area contributed by atoms with E-state index in [1.807, 2.05) is 7.05 Å². The Balaban J connectivity index is 0.00000208. The first kappa shape index (κ1) is 20.2. The summed E-state index contributed by atoms with van der Waals surface area (Å²) < 4.78 is 0. The fraction of sp³-hybridized carbons (Fsp3) is 0.941. The van der Waals surface area contributed by atoms with Gasteiger partial charge in [-0.05, 0) is 19.8 Å². The van der Waals surface area contributed by atoms with Gasteiger partial charge >= 0.3 is 0 Å². The summed E-state index contributed by atoms with van der Waals surface area (Å²) >= 11 is 0. The van der Waals surface area contributed by atoms with Gasteiger partial charge in [-0.1, -0.05) is 6.92 Å². The number of hydrogen-bond acceptors (Lipinski definition) is 4. The molecule has 24 heavy (non-hydrogen) atoms. The maximum Gasteiger partial charge on any atom is 0.191 e. The van der Waals surface area contributed by atoms with Crippen LogP contribution in [0.25, 0.3) is 0 Å². The second-order valence-electron chi connectivity index (χ2n) is 7.72. The minimum atomic E-state index is 0. The number of rotatable bonds is 4. The molecule has 4 aliphatic rings. The zero-order valence-corrected chi connectivity index (χ0v) is 18.0. The Bertz CT molecular complexity index is 421. The molecule has 140 valence electrons. The minimum Gasteiger partial charge on any atom is -0.355 e. The fourth-order valence-electron chi connectivity index (χ4n) is 4.12.